The zero-order valence-corrected chi connectivity index (χ0v) is 11.5. The number of carboxylic acid groups (broad SMARTS) is 1. The van der Waals surface area contributed by atoms with E-state index in [1.165, 1.54) is 0 Å². The van der Waals surface area contributed by atoms with Crippen LogP contribution in [0, 0.1) is 5.92 Å². The van der Waals surface area contributed by atoms with Crippen molar-refractivity contribution in [1.82, 2.24) is 0 Å². The number of carboxylic acids is 1. The lowest BCUT2D eigenvalue weighted by Crippen LogP contribution is -2.15. The van der Waals surface area contributed by atoms with Gasteiger partial charge in [0, 0.05) is 6.61 Å². The SMILES string of the molecule is CCCCC(O)CCCC(CCCCO)C(=O)O. The molecular formula is C14H28O4. The highest BCUT2D eigenvalue weighted by molar-refractivity contribution is 5.69. The zero-order valence-electron chi connectivity index (χ0n) is 11.5. The summed E-state index contributed by atoms with van der Waals surface area (Å²) in [5, 5.41) is 27.4. The summed E-state index contributed by atoms with van der Waals surface area (Å²) in [6, 6.07) is 0. The molecule has 0 fully saturated rings. The van der Waals surface area contributed by atoms with Crippen LogP contribution in [0.25, 0.3) is 0 Å². The van der Waals surface area contributed by atoms with Crippen LogP contribution in [0.1, 0.15) is 64.7 Å². The minimum absolute atomic E-state index is 0.127. The Balaban J connectivity index is 3.72. The van der Waals surface area contributed by atoms with Gasteiger partial charge in [-0.25, -0.2) is 0 Å². The van der Waals surface area contributed by atoms with Gasteiger partial charge in [-0.15, -0.1) is 0 Å². The number of hydrogen-bond acceptors (Lipinski definition) is 3. The van der Waals surface area contributed by atoms with E-state index >= 15 is 0 Å². The van der Waals surface area contributed by atoms with E-state index in [1.807, 2.05) is 0 Å². The molecule has 0 saturated heterocycles. The zero-order chi connectivity index (χ0) is 13.8. The molecule has 0 aliphatic carbocycles. The third-order valence-electron chi connectivity index (χ3n) is 3.29. The summed E-state index contributed by atoms with van der Waals surface area (Å²) in [7, 11) is 0. The third kappa shape index (κ3) is 9.42. The van der Waals surface area contributed by atoms with Gasteiger partial charge in [0.25, 0.3) is 0 Å². The van der Waals surface area contributed by atoms with Gasteiger partial charge in [-0.1, -0.05) is 32.6 Å². The maximum absolute atomic E-state index is 11.0. The number of aliphatic hydroxyl groups excluding tert-OH is 2. The molecular weight excluding hydrogens is 232 g/mol. The topological polar surface area (TPSA) is 77.8 Å². The lowest BCUT2D eigenvalue weighted by molar-refractivity contribution is -0.142. The Hall–Kier alpha value is -0.610. The molecule has 0 aromatic rings. The Morgan fingerprint density at radius 3 is 2.17 bits per heavy atom. The highest BCUT2D eigenvalue weighted by Crippen LogP contribution is 2.18. The van der Waals surface area contributed by atoms with E-state index in [1.54, 1.807) is 0 Å². The maximum atomic E-state index is 11.0. The summed E-state index contributed by atoms with van der Waals surface area (Å²) in [5.74, 6) is -1.08. The highest BCUT2D eigenvalue weighted by atomic mass is 16.4. The number of aliphatic hydroxyl groups is 2. The molecule has 4 heteroatoms. The third-order valence-corrected chi connectivity index (χ3v) is 3.29. The van der Waals surface area contributed by atoms with Gasteiger partial charge in [-0.3, -0.25) is 4.79 Å². The molecule has 18 heavy (non-hydrogen) atoms. The van der Waals surface area contributed by atoms with E-state index in [0.717, 1.165) is 32.1 Å². The Morgan fingerprint density at radius 2 is 1.61 bits per heavy atom. The molecule has 0 bridgehead atoms. The molecule has 0 saturated carbocycles. The molecule has 0 spiro atoms. The van der Waals surface area contributed by atoms with E-state index in [-0.39, 0.29) is 18.6 Å². The molecule has 0 radical (unpaired) electrons. The molecule has 0 aromatic heterocycles. The van der Waals surface area contributed by atoms with Crippen molar-refractivity contribution >= 4 is 5.97 Å². The fourth-order valence-corrected chi connectivity index (χ4v) is 2.08. The van der Waals surface area contributed by atoms with Crippen LogP contribution >= 0.6 is 0 Å². The minimum atomic E-state index is -0.754. The van der Waals surface area contributed by atoms with Crippen molar-refractivity contribution in [2.45, 2.75) is 70.8 Å². The van der Waals surface area contributed by atoms with Crippen LogP contribution in [-0.4, -0.2) is 34.0 Å². The van der Waals surface area contributed by atoms with Crippen LogP contribution in [0.5, 0.6) is 0 Å². The number of aliphatic carboxylic acids is 1. The number of carbonyl (C=O) groups is 1. The number of rotatable bonds is 12. The average Bonchev–Trinajstić information content (AvgIpc) is 2.34. The number of hydrogen-bond donors (Lipinski definition) is 3. The summed E-state index contributed by atoms with van der Waals surface area (Å²) < 4.78 is 0. The Bertz CT molecular complexity index is 206. The van der Waals surface area contributed by atoms with Crippen molar-refractivity contribution in [1.29, 1.82) is 0 Å². The molecule has 3 N–H and O–H groups in total. The second-order valence-electron chi connectivity index (χ2n) is 4.98. The second-order valence-corrected chi connectivity index (χ2v) is 4.98. The van der Waals surface area contributed by atoms with Crippen molar-refractivity contribution in [3.8, 4) is 0 Å². The smallest absolute Gasteiger partial charge is 0.306 e. The first kappa shape index (κ1) is 17.4. The van der Waals surface area contributed by atoms with Crippen LogP contribution in [0.2, 0.25) is 0 Å². The molecule has 0 aliphatic heterocycles. The Labute approximate surface area is 110 Å². The maximum Gasteiger partial charge on any atom is 0.306 e. The van der Waals surface area contributed by atoms with E-state index in [2.05, 4.69) is 6.92 Å². The van der Waals surface area contributed by atoms with Crippen LogP contribution in [0.4, 0.5) is 0 Å². The minimum Gasteiger partial charge on any atom is -0.481 e. The molecule has 108 valence electrons. The normalized spacial score (nSPS) is 14.4. The summed E-state index contributed by atoms with van der Waals surface area (Å²) in [5.41, 5.74) is 0. The largest absolute Gasteiger partial charge is 0.481 e. The van der Waals surface area contributed by atoms with Crippen molar-refractivity contribution in [2.75, 3.05) is 6.61 Å². The molecule has 0 heterocycles. The fraction of sp³-hybridized carbons (Fsp3) is 0.929. The van der Waals surface area contributed by atoms with Gasteiger partial charge in [0.15, 0.2) is 0 Å². The van der Waals surface area contributed by atoms with Crippen molar-refractivity contribution in [3.05, 3.63) is 0 Å². The quantitative estimate of drug-likeness (QED) is 0.471. The summed E-state index contributed by atoms with van der Waals surface area (Å²) in [6.45, 7) is 2.22. The van der Waals surface area contributed by atoms with Gasteiger partial charge >= 0.3 is 5.97 Å². The van der Waals surface area contributed by atoms with Gasteiger partial charge in [0.05, 0.1) is 12.0 Å². The first-order valence-electron chi connectivity index (χ1n) is 7.13. The summed E-state index contributed by atoms with van der Waals surface area (Å²) in [4.78, 5) is 11.0. The van der Waals surface area contributed by atoms with Crippen LogP contribution in [0.3, 0.4) is 0 Å². The fourth-order valence-electron chi connectivity index (χ4n) is 2.08. The van der Waals surface area contributed by atoms with Crippen LogP contribution in [0.15, 0.2) is 0 Å². The van der Waals surface area contributed by atoms with Crippen molar-refractivity contribution in [2.24, 2.45) is 5.92 Å². The molecule has 0 aromatic carbocycles. The van der Waals surface area contributed by atoms with E-state index < -0.39 is 5.97 Å². The van der Waals surface area contributed by atoms with E-state index in [4.69, 9.17) is 10.2 Å². The van der Waals surface area contributed by atoms with Gasteiger partial charge < -0.3 is 15.3 Å². The molecule has 2 unspecified atom stereocenters. The summed E-state index contributed by atoms with van der Waals surface area (Å²) in [6.07, 6.45) is 6.79. The van der Waals surface area contributed by atoms with Gasteiger partial charge in [-0.05, 0) is 32.1 Å². The van der Waals surface area contributed by atoms with Crippen LogP contribution in [-0.2, 0) is 4.79 Å². The predicted octanol–water partition coefficient (Wildman–Crippen LogP) is 2.57. The van der Waals surface area contributed by atoms with E-state index in [0.29, 0.717) is 25.7 Å². The van der Waals surface area contributed by atoms with Crippen molar-refractivity contribution < 1.29 is 20.1 Å². The van der Waals surface area contributed by atoms with Crippen molar-refractivity contribution in [3.63, 3.8) is 0 Å². The average molecular weight is 260 g/mol. The predicted molar refractivity (Wildman–Crippen MR) is 71.4 cm³/mol. The second kappa shape index (κ2) is 11.5. The monoisotopic (exact) mass is 260 g/mol. The number of unbranched alkanes of at least 4 members (excludes halogenated alkanes) is 2. The van der Waals surface area contributed by atoms with Gasteiger partial charge in [0.1, 0.15) is 0 Å². The Morgan fingerprint density at radius 1 is 1.00 bits per heavy atom. The molecule has 0 aliphatic rings. The molecule has 2 atom stereocenters. The van der Waals surface area contributed by atoms with E-state index in [9.17, 15) is 9.90 Å². The van der Waals surface area contributed by atoms with Gasteiger partial charge in [-0.2, -0.15) is 0 Å². The summed E-state index contributed by atoms with van der Waals surface area (Å²) >= 11 is 0. The lowest BCUT2D eigenvalue weighted by Gasteiger charge is -2.14. The Kier molecular flexibility index (Phi) is 11.1. The highest BCUT2D eigenvalue weighted by Gasteiger charge is 2.17. The molecule has 0 amide bonds. The standard InChI is InChI=1S/C14H28O4/c1-2-3-9-13(16)10-6-8-12(14(17)18)7-4-5-11-15/h12-13,15-16H,2-11H2,1H3,(H,17,18). The first-order chi connectivity index (χ1) is 8.61. The lowest BCUT2D eigenvalue weighted by atomic mass is 9.94. The van der Waals surface area contributed by atoms with Crippen LogP contribution < -0.4 is 0 Å². The molecule has 4 nitrogen and oxygen atoms in total. The van der Waals surface area contributed by atoms with Gasteiger partial charge in [0.2, 0.25) is 0 Å². The molecule has 0 rings (SSSR count). The first-order valence-corrected chi connectivity index (χ1v) is 7.13.